The van der Waals surface area contributed by atoms with Gasteiger partial charge in [-0.2, -0.15) is 0 Å². The van der Waals surface area contributed by atoms with E-state index in [1.165, 1.54) is 17.5 Å². The van der Waals surface area contributed by atoms with Crippen LogP contribution in [0.15, 0.2) is 12.1 Å². The maximum absolute atomic E-state index is 12.0. The molecule has 0 spiro atoms. The van der Waals surface area contributed by atoms with E-state index in [1.54, 1.807) is 20.8 Å². The summed E-state index contributed by atoms with van der Waals surface area (Å²) in [6.07, 6.45) is 4.42. The number of benzene rings is 1. The Balaban J connectivity index is 2.30. The van der Waals surface area contributed by atoms with Gasteiger partial charge in [-0.1, -0.05) is 0 Å². The predicted octanol–water partition coefficient (Wildman–Crippen LogP) is 3.33. The molecule has 116 valence electrons. The summed E-state index contributed by atoms with van der Waals surface area (Å²) in [6, 6.07) is 3.98. The fourth-order valence-electron chi connectivity index (χ4n) is 2.79. The van der Waals surface area contributed by atoms with Crippen molar-refractivity contribution in [2.24, 2.45) is 0 Å². The van der Waals surface area contributed by atoms with E-state index in [-0.39, 0.29) is 5.97 Å². The third-order valence-electron chi connectivity index (χ3n) is 3.89. The molecular formula is C17H25NO3. The fraction of sp³-hybridized carbons (Fsp3) is 0.588. The van der Waals surface area contributed by atoms with E-state index in [0.717, 1.165) is 30.7 Å². The molecule has 0 aliphatic heterocycles. The zero-order chi connectivity index (χ0) is 15.5. The smallest absolute Gasteiger partial charge is 0.349 e. The number of anilines is 1. The highest BCUT2D eigenvalue weighted by molar-refractivity contribution is 5.79. The molecule has 1 N–H and O–H groups in total. The van der Waals surface area contributed by atoms with Crippen LogP contribution in [0, 0.1) is 0 Å². The van der Waals surface area contributed by atoms with Gasteiger partial charge in [0.1, 0.15) is 5.75 Å². The first-order chi connectivity index (χ1) is 9.99. The van der Waals surface area contributed by atoms with Gasteiger partial charge in [0.2, 0.25) is 0 Å². The number of ether oxygens (including phenoxy) is 2. The lowest BCUT2D eigenvalue weighted by molar-refractivity contribution is -0.158. The lowest BCUT2D eigenvalue weighted by atomic mass is 9.89. The normalized spacial score (nSPS) is 14.3. The van der Waals surface area contributed by atoms with Crippen LogP contribution in [-0.4, -0.2) is 25.2 Å². The van der Waals surface area contributed by atoms with Gasteiger partial charge in [-0.3, -0.25) is 0 Å². The number of esters is 1. The second kappa shape index (κ2) is 6.37. The highest BCUT2D eigenvalue weighted by Crippen LogP contribution is 2.36. The second-order valence-electron chi connectivity index (χ2n) is 5.86. The summed E-state index contributed by atoms with van der Waals surface area (Å²) in [5.74, 6) is 0.481. The largest absolute Gasteiger partial charge is 0.476 e. The standard InChI is InChI=1S/C17H25NO3/c1-5-20-16(19)17(2,3)21-15-11-10-14(18-4)12-8-6-7-9-13(12)15/h10-11,18H,5-9H2,1-4H3. The monoisotopic (exact) mass is 291 g/mol. The number of carbonyl (C=O) groups is 1. The molecule has 0 heterocycles. The zero-order valence-corrected chi connectivity index (χ0v) is 13.4. The average Bonchev–Trinajstić information content (AvgIpc) is 2.47. The van der Waals surface area contributed by atoms with Crippen molar-refractivity contribution in [3.8, 4) is 5.75 Å². The SMILES string of the molecule is CCOC(=O)C(C)(C)Oc1ccc(NC)c2c1CCCC2. The average molecular weight is 291 g/mol. The van der Waals surface area contributed by atoms with Gasteiger partial charge in [-0.15, -0.1) is 0 Å². The molecule has 1 aliphatic rings. The Hall–Kier alpha value is -1.71. The van der Waals surface area contributed by atoms with Crippen LogP contribution >= 0.6 is 0 Å². The molecule has 1 aromatic rings. The van der Waals surface area contributed by atoms with Gasteiger partial charge in [0.25, 0.3) is 0 Å². The summed E-state index contributed by atoms with van der Waals surface area (Å²) in [5.41, 5.74) is 2.74. The highest BCUT2D eigenvalue weighted by atomic mass is 16.6. The zero-order valence-electron chi connectivity index (χ0n) is 13.4. The van der Waals surface area contributed by atoms with Crippen LogP contribution in [0.25, 0.3) is 0 Å². The Morgan fingerprint density at radius 2 is 1.90 bits per heavy atom. The van der Waals surface area contributed by atoms with Crippen LogP contribution < -0.4 is 10.1 Å². The van der Waals surface area contributed by atoms with Crippen molar-refractivity contribution in [1.29, 1.82) is 0 Å². The minimum absolute atomic E-state index is 0.327. The fourth-order valence-corrected chi connectivity index (χ4v) is 2.79. The summed E-state index contributed by atoms with van der Waals surface area (Å²) in [5, 5.41) is 3.24. The predicted molar refractivity (Wildman–Crippen MR) is 84.0 cm³/mol. The first kappa shape index (κ1) is 15.7. The Kier molecular flexibility index (Phi) is 4.76. The number of hydrogen-bond donors (Lipinski definition) is 1. The van der Waals surface area contributed by atoms with Crippen LogP contribution in [0.4, 0.5) is 5.69 Å². The summed E-state index contributed by atoms with van der Waals surface area (Å²) in [6.45, 7) is 5.68. The molecule has 4 heteroatoms. The topological polar surface area (TPSA) is 47.6 Å². The molecule has 4 nitrogen and oxygen atoms in total. The Morgan fingerprint density at radius 1 is 1.24 bits per heavy atom. The van der Waals surface area contributed by atoms with E-state index in [0.29, 0.717) is 6.61 Å². The van der Waals surface area contributed by atoms with Gasteiger partial charge < -0.3 is 14.8 Å². The molecule has 0 amide bonds. The van der Waals surface area contributed by atoms with Gasteiger partial charge in [0.05, 0.1) is 6.61 Å². The van der Waals surface area contributed by atoms with E-state index < -0.39 is 5.60 Å². The third-order valence-corrected chi connectivity index (χ3v) is 3.89. The van der Waals surface area contributed by atoms with Crippen LogP contribution in [0.5, 0.6) is 5.75 Å². The Bertz CT molecular complexity index is 523. The van der Waals surface area contributed by atoms with E-state index in [2.05, 4.69) is 5.32 Å². The van der Waals surface area contributed by atoms with Crippen molar-refractivity contribution >= 4 is 11.7 Å². The number of rotatable bonds is 5. The quantitative estimate of drug-likeness (QED) is 0.845. The molecule has 1 aliphatic carbocycles. The Labute approximate surface area is 126 Å². The minimum atomic E-state index is -0.970. The van der Waals surface area contributed by atoms with Gasteiger partial charge in [0.15, 0.2) is 5.60 Å². The molecular weight excluding hydrogens is 266 g/mol. The highest BCUT2D eigenvalue weighted by Gasteiger charge is 2.33. The summed E-state index contributed by atoms with van der Waals surface area (Å²) in [4.78, 5) is 12.0. The van der Waals surface area contributed by atoms with Crippen LogP contribution in [0.3, 0.4) is 0 Å². The summed E-state index contributed by atoms with van der Waals surface area (Å²) in [7, 11) is 1.94. The molecule has 1 aromatic carbocycles. The van der Waals surface area contributed by atoms with Crippen molar-refractivity contribution in [3.63, 3.8) is 0 Å². The first-order valence-corrected chi connectivity index (χ1v) is 7.68. The third kappa shape index (κ3) is 3.31. The molecule has 0 atom stereocenters. The minimum Gasteiger partial charge on any atom is -0.476 e. The number of nitrogens with one attached hydrogen (secondary N) is 1. The molecule has 0 fully saturated rings. The first-order valence-electron chi connectivity index (χ1n) is 7.68. The number of hydrogen-bond acceptors (Lipinski definition) is 4. The van der Waals surface area contributed by atoms with Crippen molar-refractivity contribution < 1.29 is 14.3 Å². The van der Waals surface area contributed by atoms with Crippen molar-refractivity contribution in [3.05, 3.63) is 23.3 Å². The summed E-state index contributed by atoms with van der Waals surface area (Å²) < 4.78 is 11.1. The van der Waals surface area contributed by atoms with Gasteiger partial charge in [-0.25, -0.2) is 4.79 Å². The van der Waals surface area contributed by atoms with Crippen LogP contribution in [0.2, 0.25) is 0 Å². The van der Waals surface area contributed by atoms with E-state index in [1.807, 2.05) is 19.2 Å². The van der Waals surface area contributed by atoms with Crippen molar-refractivity contribution in [1.82, 2.24) is 0 Å². The van der Waals surface area contributed by atoms with Gasteiger partial charge in [-0.05, 0) is 69.7 Å². The van der Waals surface area contributed by atoms with E-state index in [4.69, 9.17) is 9.47 Å². The molecule has 21 heavy (non-hydrogen) atoms. The van der Waals surface area contributed by atoms with Crippen LogP contribution in [0.1, 0.15) is 44.7 Å². The molecule has 0 aromatic heterocycles. The van der Waals surface area contributed by atoms with E-state index >= 15 is 0 Å². The molecule has 2 rings (SSSR count). The van der Waals surface area contributed by atoms with Gasteiger partial charge in [0, 0.05) is 12.7 Å². The van der Waals surface area contributed by atoms with Crippen LogP contribution in [-0.2, 0) is 22.4 Å². The second-order valence-corrected chi connectivity index (χ2v) is 5.86. The maximum Gasteiger partial charge on any atom is 0.349 e. The number of fused-ring (bicyclic) bond motifs is 1. The molecule has 0 bridgehead atoms. The molecule has 0 saturated heterocycles. The summed E-state index contributed by atoms with van der Waals surface area (Å²) >= 11 is 0. The maximum atomic E-state index is 12.0. The Morgan fingerprint density at radius 3 is 2.52 bits per heavy atom. The molecule has 0 radical (unpaired) electrons. The van der Waals surface area contributed by atoms with Gasteiger partial charge >= 0.3 is 5.97 Å². The number of carbonyl (C=O) groups excluding carboxylic acids is 1. The van der Waals surface area contributed by atoms with Crippen molar-refractivity contribution in [2.45, 2.75) is 52.1 Å². The lowest BCUT2D eigenvalue weighted by Gasteiger charge is -2.28. The lowest BCUT2D eigenvalue weighted by Crippen LogP contribution is -2.40. The molecule has 0 unspecified atom stereocenters. The van der Waals surface area contributed by atoms with Crippen molar-refractivity contribution in [2.75, 3.05) is 19.0 Å². The van der Waals surface area contributed by atoms with E-state index in [9.17, 15) is 4.79 Å². The molecule has 0 saturated carbocycles.